The molecule has 0 unspecified atom stereocenters. The maximum Gasteiger partial charge on any atom is -0.0104 e. The van der Waals surface area contributed by atoms with Gasteiger partial charge in [0.1, 0.15) is 0 Å². The van der Waals surface area contributed by atoms with Crippen molar-refractivity contribution in [1.82, 2.24) is 0 Å². The van der Waals surface area contributed by atoms with E-state index in [0.29, 0.717) is 5.41 Å². The molecule has 0 atom stereocenters. The molecule has 16 heavy (non-hydrogen) atoms. The molecule has 1 aliphatic rings. The van der Waals surface area contributed by atoms with E-state index in [1.807, 2.05) is 0 Å². The fourth-order valence-corrected chi connectivity index (χ4v) is 2.52. The fourth-order valence-electron chi connectivity index (χ4n) is 2.52. The molecule has 0 saturated carbocycles. The molecule has 1 radical (unpaired) electrons. The van der Waals surface area contributed by atoms with Gasteiger partial charge in [-0.2, -0.15) is 0 Å². The SMILES string of the molecule is [CH2]CC=C(C)C=CC1=C(C)CCCC1(C)C. The van der Waals surface area contributed by atoms with Crippen LogP contribution in [0.2, 0.25) is 0 Å². The lowest BCUT2D eigenvalue weighted by molar-refractivity contribution is 0.377. The Kier molecular flexibility index (Phi) is 4.58. The molecule has 0 aromatic rings. The number of hydrogen-bond acceptors (Lipinski definition) is 0. The molecule has 0 spiro atoms. The van der Waals surface area contributed by atoms with Crippen LogP contribution in [0.4, 0.5) is 0 Å². The van der Waals surface area contributed by atoms with Crippen LogP contribution in [0.15, 0.2) is 34.9 Å². The second-order valence-electron chi connectivity index (χ2n) is 5.50. The van der Waals surface area contributed by atoms with Crippen LogP contribution in [0.25, 0.3) is 0 Å². The first-order valence-corrected chi connectivity index (χ1v) is 6.31. The quantitative estimate of drug-likeness (QED) is 0.567. The minimum Gasteiger partial charge on any atom is -0.0816 e. The zero-order valence-electron chi connectivity index (χ0n) is 11.3. The lowest BCUT2D eigenvalue weighted by Crippen LogP contribution is -2.19. The third-order valence-corrected chi connectivity index (χ3v) is 3.52. The third-order valence-electron chi connectivity index (χ3n) is 3.52. The van der Waals surface area contributed by atoms with E-state index in [1.54, 1.807) is 5.57 Å². The Labute approximate surface area is 101 Å². The van der Waals surface area contributed by atoms with Crippen molar-refractivity contribution in [3.05, 3.63) is 41.9 Å². The van der Waals surface area contributed by atoms with Gasteiger partial charge in [-0.3, -0.25) is 0 Å². The summed E-state index contributed by atoms with van der Waals surface area (Å²) in [5, 5.41) is 0. The predicted octanol–water partition coefficient (Wildman–Crippen LogP) is 5.24. The highest BCUT2D eigenvalue weighted by molar-refractivity contribution is 5.35. The predicted molar refractivity (Wildman–Crippen MR) is 73.2 cm³/mol. The molecule has 0 aromatic carbocycles. The molecule has 1 rings (SSSR count). The molecule has 0 saturated heterocycles. The highest BCUT2D eigenvalue weighted by Gasteiger charge is 2.26. The van der Waals surface area contributed by atoms with Crippen LogP contribution in [-0.2, 0) is 0 Å². The van der Waals surface area contributed by atoms with Crippen molar-refractivity contribution >= 4 is 0 Å². The van der Waals surface area contributed by atoms with E-state index in [2.05, 4.69) is 52.8 Å². The van der Waals surface area contributed by atoms with Crippen molar-refractivity contribution in [2.24, 2.45) is 5.41 Å². The average molecular weight is 217 g/mol. The van der Waals surface area contributed by atoms with Crippen LogP contribution in [0.1, 0.15) is 53.4 Å². The Morgan fingerprint density at radius 1 is 1.44 bits per heavy atom. The Morgan fingerprint density at radius 2 is 2.12 bits per heavy atom. The molecule has 89 valence electrons. The summed E-state index contributed by atoms with van der Waals surface area (Å²) >= 11 is 0. The summed E-state index contributed by atoms with van der Waals surface area (Å²) in [7, 11) is 0. The van der Waals surface area contributed by atoms with Gasteiger partial charge in [0.05, 0.1) is 0 Å². The van der Waals surface area contributed by atoms with Crippen molar-refractivity contribution in [2.45, 2.75) is 53.4 Å². The molecular weight excluding hydrogens is 192 g/mol. The fraction of sp³-hybridized carbons (Fsp3) is 0.562. The molecule has 0 heteroatoms. The minimum absolute atomic E-state index is 0.351. The van der Waals surface area contributed by atoms with Gasteiger partial charge in [-0.15, -0.1) is 0 Å². The number of hydrogen-bond donors (Lipinski definition) is 0. The Bertz CT molecular complexity index is 324. The lowest BCUT2D eigenvalue weighted by atomic mass is 9.72. The van der Waals surface area contributed by atoms with E-state index in [1.165, 1.54) is 30.4 Å². The zero-order chi connectivity index (χ0) is 12.2. The molecule has 0 nitrogen and oxygen atoms in total. The summed E-state index contributed by atoms with van der Waals surface area (Å²) in [5.74, 6) is 0. The van der Waals surface area contributed by atoms with Crippen molar-refractivity contribution in [3.63, 3.8) is 0 Å². The standard InChI is InChI=1S/C16H25/c1-6-8-13(2)10-11-15-14(3)9-7-12-16(15,4)5/h8,10-11H,1,6-7,9,12H2,2-5H3. The van der Waals surface area contributed by atoms with Crippen LogP contribution >= 0.6 is 0 Å². The van der Waals surface area contributed by atoms with E-state index < -0.39 is 0 Å². The summed E-state index contributed by atoms with van der Waals surface area (Å²) in [6.45, 7) is 13.0. The summed E-state index contributed by atoms with van der Waals surface area (Å²) < 4.78 is 0. The van der Waals surface area contributed by atoms with E-state index in [4.69, 9.17) is 0 Å². The Hall–Kier alpha value is -0.780. The van der Waals surface area contributed by atoms with Gasteiger partial charge >= 0.3 is 0 Å². The largest absolute Gasteiger partial charge is 0.0816 e. The van der Waals surface area contributed by atoms with Gasteiger partial charge in [-0.25, -0.2) is 0 Å². The average Bonchev–Trinajstić information content (AvgIpc) is 2.16. The van der Waals surface area contributed by atoms with Crippen LogP contribution in [0.3, 0.4) is 0 Å². The molecule has 1 aliphatic carbocycles. The van der Waals surface area contributed by atoms with Crippen molar-refractivity contribution in [2.75, 3.05) is 0 Å². The highest BCUT2D eigenvalue weighted by atomic mass is 14.3. The minimum atomic E-state index is 0.351. The molecule has 0 aliphatic heterocycles. The maximum atomic E-state index is 3.84. The van der Waals surface area contributed by atoms with Crippen LogP contribution in [0.5, 0.6) is 0 Å². The first-order chi connectivity index (χ1) is 7.47. The van der Waals surface area contributed by atoms with Crippen LogP contribution in [0, 0.1) is 12.3 Å². The summed E-state index contributed by atoms with van der Waals surface area (Å²) in [6.07, 6.45) is 11.5. The molecule has 0 bridgehead atoms. The zero-order valence-corrected chi connectivity index (χ0v) is 11.3. The van der Waals surface area contributed by atoms with Crippen molar-refractivity contribution < 1.29 is 0 Å². The van der Waals surface area contributed by atoms with Gasteiger partial charge in [0, 0.05) is 0 Å². The van der Waals surface area contributed by atoms with Crippen LogP contribution in [-0.4, -0.2) is 0 Å². The van der Waals surface area contributed by atoms with E-state index >= 15 is 0 Å². The summed E-state index contributed by atoms with van der Waals surface area (Å²) in [4.78, 5) is 0. The lowest BCUT2D eigenvalue weighted by Gasteiger charge is -2.32. The molecular formula is C16H25. The second-order valence-corrected chi connectivity index (χ2v) is 5.50. The summed E-state index contributed by atoms with van der Waals surface area (Å²) in [6, 6.07) is 0. The molecule has 0 N–H and O–H groups in total. The molecule has 0 heterocycles. The molecule has 0 aromatic heterocycles. The van der Waals surface area contributed by atoms with Gasteiger partial charge in [0.2, 0.25) is 0 Å². The van der Waals surface area contributed by atoms with Gasteiger partial charge in [0.25, 0.3) is 0 Å². The molecule has 0 amide bonds. The smallest absolute Gasteiger partial charge is 0.0104 e. The van der Waals surface area contributed by atoms with Gasteiger partial charge in [0.15, 0.2) is 0 Å². The normalized spacial score (nSPS) is 21.9. The van der Waals surface area contributed by atoms with Crippen molar-refractivity contribution in [3.8, 4) is 0 Å². The first kappa shape index (κ1) is 13.3. The van der Waals surface area contributed by atoms with Gasteiger partial charge in [-0.05, 0) is 57.4 Å². The monoisotopic (exact) mass is 217 g/mol. The summed E-state index contributed by atoms with van der Waals surface area (Å²) in [5.41, 5.74) is 4.77. The van der Waals surface area contributed by atoms with E-state index in [9.17, 15) is 0 Å². The Morgan fingerprint density at radius 3 is 2.69 bits per heavy atom. The maximum absolute atomic E-state index is 3.84. The highest BCUT2D eigenvalue weighted by Crippen LogP contribution is 2.40. The topological polar surface area (TPSA) is 0 Å². The number of allylic oxidation sites excluding steroid dienone is 6. The van der Waals surface area contributed by atoms with E-state index in [0.717, 1.165) is 6.42 Å². The Balaban J connectivity index is 2.89. The second kappa shape index (κ2) is 5.52. The molecule has 0 fully saturated rings. The number of rotatable bonds is 3. The van der Waals surface area contributed by atoms with Crippen molar-refractivity contribution in [1.29, 1.82) is 0 Å². The van der Waals surface area contributed by atoms with Crippen LogP contribution < -0.4 is 0 Å². The van der Waals surface area contributed by atoms with E-state index in [-0.39, 0.29) is 0 Å². The third kappa shape index (κ3) is 3.37. The first-order valence-electron chi connectivity index (χ1n) is 6.31. The van der Waals surface area contributed by atoms with Gasteiger partial charge in [-0.1, -0.05) is 43.2 Å². The van der Waals surface area contributed by atoms with Gasteiger partial charge < -0.3 is 0 Å².